The van der Waals surface area contributed by atoms with Crippen LogP contribution in [0.5, 0.6) is 0 Å². The summed E-state index contributed by atoms with van der Waals surface area (Å²) in [4.78, 5) is 22.8. The summed E-state index contributed by atoms with van der Waals surface area (Å²) >= 11 is 0. The van der Waals surface area contributed by atoms with E-state index < -0.39 is 6.04 Å². The van der Waals surface area contributed by atoms with Crippen molar-refractivity contribution in [3.05, 3.63) is 0 Å². The van der Waals surface area contributed by atoms with Crippen molar-refractivity contribution in [3.8, 4) is 0 Å². The maximum atomic E-state index is 11.4. The van der Waals surface area contributed by atoms with Gasteiger partial charge in [-0.1, -0.05) is 19.3 Å². The lowest BCUT2D eigenvalue weighted by Crippen LogP contribution is -2.45. The molecule has 1 saturated heterocycles. The quantitative estimate of drug-likeness (QED) is 0.628. The predicted octanol–water partition coefficient (Wildman–Crippen LogP) is 0.961. The molecule has 2 amide bonds. The summed E-state index contributed by atoms with van der Waals surface area (Å²) in [5.74, 6) is -0.0952. The van der Waals surface area contributed by atoms with Crippen LogP contribution in [0.15, 0.2) is 0 Å². The largest absolute Gasteiger partial charge is 0.354 e. The van der Waals surface area contributed by atoms with Crippen LogP contribution < -0.4 is 10.6 Å². The lowest BCUT2D eigenvalue weighted by molar-refractivity contribution is -0.128. The van der Waals surface area contributed by atoms with Gasteiger partial charge in [0.05, 0.1) is 0 Å². The normalized spacial score (nSPS) is 25.8. The minimum Gasteiger partial charge on any atom is -0.354 e. The zero-order valence-electron chi connectivity index (χ0n) is 9.34. The molecule has 86 valence electrons. The maximum absolute atomic E-state index is 11.4. The molecule has 4 nitrogen and oxygen atoms in total. The summed E-state index contributed by atoms with van der Waals surface area (Å²) in [6.07, 6.45) is 5.90. The van der Waals surface area contributed by atoms with Crippen molar-refractivity contribution in [2.75, 3.05) is 6.54 Å². The molecule has 0 bridgehead atoms. The summed E-state index contributed by atoms with van der Waals surface area (Å²) in [7, 11) is 0. The van der Waals surface area contributed by atoms with Crippen LogP contribution in [0.1, 0.15) is 45.4 Å². The van der Waals surface area contributed by atoms with Crippen molar-refractivity contribution in [2.45, 2.75) is 51.5 Å². The fraction of sp³-hybridized carbons (Fsp3) is 0.818. The van der Waals surface area contributed by atoms with Gasteiger partial charge in [0.2, 0.25) is 11.8 Å². The molecule has 1 aliphatic rings. The van der Waals surface area contributed by atoms with Crippen molar-refractivity contribution in [2.24, 2.45) is 0 Å². The van der Waals surface area contributed by atoms with Crippen molar-refractivity contribution in [1.29, 1.82) is 0 Å². The molecule has 0 saturated carbocycles. The number of hydrogen-bond acceptors (Lipinski definition) is 2. The summed E-state index contributed by atoms with van der Waals surface area (Å²) in [5.41, 5.74) is 0. The molecule has 4 heteroatoms. The Morgan fingerprint density at radius 3 is 2.53 bits per heavy atom. The van der Waals surface area contributed by atoms with E-state index >= 15 is 0 Å². The molecular formula is C11H20N2O2. The van der Waals surface area contributed by atoms with E-state index in [-0.39, 0.29) is 11.8 Å². The molecule has 1 rings (SSSR count). The smallest absolute Gasteiger partial charge is 0.242 e. The topological polar surface area (TPSA) is 58.2 Å². The third-order valence-electron chi connectivity index (χ3n) is 2.65. The first kappa shape index (κ1) is 12.0. The Bertz CT molecular complexity index is 229. The van der Waals surface area contributed by atoms with E-state index in [1.165, 1.54) is 0 Å². The van der Waals surface area contributed by atoms with Crippen LogP contribution in [0.3, 0.4) is 0 Å². The standard InChI is InChI=1S/C11H20N2O2/c1-9-11(15)12-8-6-4-2-3-5-7-10(14)13-9/h9H,2-8H2,1H3,(H,12,15)(H,13,14)/t9-/m0/s1. The van der Waals surface area contributed by atoms with Crippen LogP contribution >= 0.6 is 0 Å². The van der Waals surface area contributed by atoms with E-state index in [1.54, 1.807) is 6.92 Å². The van der Waals surface area contributed by atoms with E-state index in [0.29, 0.717) is 6.42 Å². The molecule has 1 atom stereocenters. The van der Waals surface area contributed by atoms with Gasteiger partial charge in [-0.2, -0.15) is 0 Å². The molecule has 0 radical (unpaired) electrons. The number of carbonyl (C=O) groups excluding carboxylic acids is 2. The number of nitrogens with one attached hydrogen (secondary N) is 2. The maximum Gasteiger partial charge on any atom is 0.242 e. The van der Waals surface area contributed by atoms with Gasteiger partial charge in [-0.25, -0.2) is 0 Å². The van der Waals surface area contributed by atoms with E-state index in [4.69, 9.17) is 0 Å². The van der Waals surface area contributed by atoms with Crippen LogP contribution in [0.4, 0.5) is 0 Å². The Balaban J connectivity index is 2.42. The van der Waals surface area contributed by atoms with Crippen molar-refractivity contribution in [3.63, 3.8) is 0 Å². The van der Waals surface area contributed by atoms with Gasteiger partial charge in [-0.3, -0.25) is 9.59 Å². The van der Waals surface area contributed by atoms with Gasteiger partial charge in [0, 0.05) is 13.0 Å². The highest BCUT2D eigenvalue weighted by molar-refractivity contribution is 5.87. The summed E-state index contributed by atoms with van der Waals surface area (Å²) in [5, 5.41) is 5.51. The second-order valence-electron chi connectivity index (χ2n) is 4.10. The Kier molecular flexibility index (Phi) is 5.15. The fourth-order valence-electron chi connectivity index (χ4n) is 1.68. The molecule has 0 aromatic rings. The van der Waals surface area contributed by atoms with Crippen LogP contribution in [0.2, 0.25) is 0 Å². The average molecular weight is 212 g/mol. The monoisotopic (exact) mass is 212 g/mol. The molecule has 0 aromatic carbocycles. The molecule has 1 fully saturated rings. The number of rotatable bonds is 0. The van der Waals surface area contributed by atoms with E-state index in [2.05, 4.69) is 10.6 Å². The Morgan fingerprint density at radius 1 is 1.07 bits per heavy atom. The van der Waals surface area contributed by atoms with Gasteiger partial charge in [-0.15, -0.1) is 0 Å². The van der Waals surface area contributed by atoms with Crippen LogP contribution in [0, 0.1) is 0 Å². The zero-order chi connectivity index (χ0) is 11.1. The first-order chi connectivity index (χ1) is 7.20. The van der Waals surface area contributed by atoms with E-state index in [9.17, 15) is 9.59 Å². The van der Waals surface area contributed by atoms with Crippen LogP contribution in [-0.4, -0.2) is 24.4 Å². The molecule has 2 N–H and O–H groups in total. The first-order valence-corrected chi connectivity index (χ1v) is 5.77. The van der Waals surface area contributed by atoms with E-state index in [0.717, 1.165) is 38.6 Å². The third-order valence-corrected chi connectivity index (χ3v) is 2.65. The molecule has 15 heavy (non-hydrogen) atoms. The Hall–Kier alpha value is -1.06. The van der Waals surface area contributed by atoms with Crippen molar-refractivity contribution >= 4 is 11.8 Å². The second kappa shape index (κ2) is 6.43. The molecule has 0 aliphatic carbocycles. The van der Waals surface area contributed by atoms with Gasteiger partial charge >= 0.3 is 0 Å². The van der Waals surface area contributed by atoms with Gasteiger partial charge in [0.25, 0.3) is 0 Å². The van der Waals surface area contributed by atoms with Gasteiger partial charge in [-0.05, 0) is 19.8 Å². The summed E-state index contributed by atoms with van der Waals surface area (Å²) in [6.45, 7) is 2.44. The van der Waals surface area contributed by atoms with Crippen molar-refractivity contribution in [1.82, 2.24) is 10.6 Å². The molecular weight excluding hydrogens is 192 g/mol. The lowest BCUT2D eigenvalue weighted by atomic mass is 10.1. The summed E-state index contributed by atoms with van der Waals surface area (Å²) in [6, 6.07) is -0.406. The molecule has 1 aliphatic heterocycles. The average Bonchev–Trinajstić information content (AvgIpc) is 2.19. The number of carbonyl (C=O) groups is 2. The van der Waals surface area contributed by atoms with Crippen LogP contribution in [-0.2, 0) is 9.59 Å². The molecule has 1 heterocycles. The minimum atomic E-state index is -0.406. The Morgan fingerprint density at radius 2 is 1.73 bits per heavy atom. The second-order valence-corrected chi connectivity index (χ2v) is 4.10. The summed E-state index contributed by atoms with van der Waals surface area (Å²) < 4.78 is 0. The molecule has 0 aromatic heterocycles. The van der Waals surface area contributed by atoms with Crippen LogP contribution in [0.25, 0.3) is 0 Å². The highest BCUT2D eigenvalue weighted by atomic mass is 16.2. The molecule has 0 unspecified atom stereocenters. The zero-order valence-corrected chi connectivity index (χ0v) is 9.34. The SMILES string of the molecule is C[C@@H]1NC(=O)CCCCCCCNC1=O. The van der Waals surface area contributed by atoms with E-state index in [1.807, 2.05) is 0 Å². The highest BCUT2D eigenvalue weighted by Crippen LogP contribution is 2.05. The number of amides is 2. The predicted molar refractivity (Wildman–Crippen MR) is 58.3 cm³/mol. The van der Waals surface area contributed by atoms with Gasteiger partial charge in [0.1, 0.15) is 6.04 Å². The Labute approximate surface area is 90.8 Å². The third kappa shape index (κ3) is 4.81. The number of hydrogen-bond donors (Lipinski definition) is 2. The lowest BCUT2D eigenvalue weighted by Gasteiger charge is -2.15. The minimum absolute atomic E-state index is 0.0155. The van der Waals surface area contributed by atoms with Gasteiger partial charge in [0.15, 0.2) is 0 Å². The fourth-order valence-corrected chi connectivity index (χ4v) is 1.68. The van der Waals surface area contributed by atoms with Gasteiger partial charge < -0.3 is 10.6 Å². The van der Waals surface area contributed by atoms with Crippen molar-refractivity contribution < 1.29 is 9.59 Å². The molecule has 0 spiro atoms. The highest BCUT2D eigenvalue weighted by Gasteiger charge is 2.14. The first-order valence-electron chi connectivity index (χ1n) is 5.77.